The number of ether oxygens (including phenoxy) is 1. The number of imidazole rings is 1. The fourth-order valence-corrected chi connectivity index (χ4v) is 2.04. The first-order chi connectivity index (χ1) is 8.11. The highest BCUT2D eigenvalue weighted by Gasteiger charge is 2.12. The van der Waals surface area contributed by atoms with Crippen LogP contribution in [-0.4, -0.2) is 26.6 Å². The maximum Gasteiger partial charge on any atom is 0.160 e. The van der Waals surface area contributed by atoms with Gasteiger partial charge in [-0.2, -0.15) is 0 Å². The van der Waals surface area contributed by atoms with E-state index in [9.17, 15) is 0 Å². The van der Waals surface area contributed by atoms with Crippen molar-refractivity contribution in [2.24, 2.45) is 5.73 Å². The fraction of sp³-hybridized carbons (Fsp3) is 0.300. The van der Waals surface area contributed by atoms with Crippen molar-refractivity contribution in [1.82, 2.24) is 14.5 Å². The summed E-state index contributed by atoms with van der Waals surface area (Å²) in [6, 6.07) is 1.90. The molecule has 0 radical (unpaired) electrons. The van der Waals surface area contributed by atoms with Crippen molar-refractivity contribution < 1.29 is 4.74 Å². The van der Waals surface area contributed by atoms with Crippen LogP contribution in [0.1, 0.15) is 5.82 Å². The number of nitrogens with zero attached hydrogens (tertiary/aromatic N) is 3. The van der Waals surface area contributed by atoms with E-state index in [1.165, 1.54) is 0 Å². The van der Waals surface area contributed by atoms with Crippen molar-refractivity contribution in [2.75, 3.05) is 7.11 Å². The maximum atomic E-state index is 5.57. The fourth-order valence-electron chi connectivity index (χ4n) is 1.59. The quantitative estimate of drug-likeness (QED) is 0.869. The Bertz CT molecular complexity index is 569. The van der Waals surface area contributed by atoms with Crippen LogP contribution in [0.15, 0.2) is 16.7 Å². The van der Waals surface area contributed by atoms with Gasteiger partial charge in [0.25, 0.3) is 0 Å². The summed E-state index contributed by atoms with van der Waals surface area (Å²) in [4.78, 5) is 9.16. The van der Waals surface area contributed by atoms with Gasteiger partial charge in [-0.05, 0) is 22.0 Å². The van der Waals surface area contributed by atoms with E-state index in [0.29, 0.717) is 18.1 Å². The maximum absolute atomic E-state index is 5.57. The van der Waals surface area contributed by atoms with Crippen LogP contribution in [0, 0.1) is 0 Å². The standard InChI is InChI=1S/C10H11BrN4OS/c1-16-5-9-14-7-2-6(11)3-13-10(7)15(9)4-8(12)17/h2-3H,4-5H2,1H3,(H2,12,17). The zero-order valence-electron chi connectivity index (χ0n) is 9.18. The summed E-state index contributed by atoms with van der Waals surface area (Å²) < 4.78 is 7.85. The summed E-state index contributed by atoms with van der Waals surface area (Å²) in [5.41, 5.74) is 7.13. The van der Waals surface area contributed by atoms with E-state index in [4.69, 9.17) is 22.7 Å². The zero-order valence-corrected chi connectivity index (χ0v) is 11.6. The van der Waals surface area contributed by atoms with Crippen molar-refractivity contribution in [3.8, 4) is 0 Å². The van der Waals surface area contributed by atoms with Gasteiger partial charge in [-0.15, -0.1) is 0 Å². The third kappa shape index (κ3) is 2.62. The number of pyridine rings is 1. The predicted octanol–water partition coefficient (Wildman–Crippen LogP) is 1.63. The van der Waals surface area contributed by atoms with Crippen LogP contribution >= 0.6 is 28.1 Å². The number of fused-ring (bicyclic) bond motifs is 1. The molecule has 0 saturated carbocycles. The average molecular weight is 315 g/mol. The number of thiocarbonyl (C=S) groups is 1. The van der Waals surface area contributed by atoms with Gasteiger partial charge in [0, 0.05) is 17.8 Å². The van der Waals surface area contributed by atoms with Gasteiger partial charge in [-0.1, -0.05) is 12.2 Å². The second-order valence-electron chi connectivity index (χ2n) is 3.51. The molecule has 0 amide bonds. The highest BCUT2D eigenvalue weighted by molar-refractivity contribution is 9.10. The van der Waals surface area contributed by atoms with E-state index < -0.39 is 0 Å². The van der Waals surface area contributed by atoms with Gasteiger partial charge in [-0.25, -0.2) is 9.97 Å². The van der Waals surface area contributed by atoms with Crippen LogP contribution in [0.4, 0.5) is 0 Å². The molecule has 0 aliphatic heterocycles. The Morgan fingerprint density at radius 3 is 3.06 bits per heavy atom. The third-order valence-electron chi connectivity index (χ3n) is 2.22. The van der Waals surface area contributed by atoms with Crippen LogP contribution in [0.5, 0.6) is 0 Å². The van der Waals surface area contributed by atoms with Crippen molar-refractivity contribution in [2.45, 2.75) is 13.2 Å². The van der Waals surface area contributed by atoms with E-state index in [2.05, 4.69) is 25.9 Å². The Morgan fingerprint density at radius 1 is 1.65 bits per heavy atom. The minimum Gasteiger partial charge on any atom is -0.392 e. The molecule has 0 bridgehead atoms. The zero-order chi connectivity index (χ0) is 12.4. The Labute approximate surface area is 112 Å². The van der Waals surface area contributed by atoms with Crippen molar-refractivity contribution in [3.63, 3.8) is 0 Å². The molecule has 0 aromatic carbocycles. The summed E-state index contributed by atoms with van der Waals surface area (Å²) in [6.45, 7) is 0.815. The summed E-state index contributed by atoms with van der Waals surface area (Å²) in [6.07, 6.45) is 1.72. The van der Waals surface area contributed by atoms with Crippen molar-refractivity contribution >= 4 is 44.3 Å². The molecule has 2 aromatic rings. The van der Waals surface area contributed by atoms with Crippen molar-refractivity contribution in [1.29, 1.82) is 0 Å². The third-order valence-corrected chi connectivity index (χ3v) is 2.78. The van der Waals surface area contributed by atoms with Gasteiger partial charge in [-0.3, -0.25) is 0 Å². The van der Waals surface area contributed by atoms with Gasteiger partial charge in [0.1, 0.15) is 17.9 Å². The molecule has 2 heterocycles. The van der Waals surface area contributed by atoms with E-state index in [-0.39, 0.29) is 0 Å². The molecule has 0 fully saturated rings. The molecule has 2 N–H and O–H groups in total. The Balaban J connectivity index is 2.57. The number of hydrogen-bond donors (Lipinski definition) is 1. The molecule has 0 saturated heterocycles. The predicted molar refractivity (Wildman–Crippen MR) is 72.7 cm³/mol. The van der Waals surface area contributed by atoms with Gasteiger partial charge >= 0.3 is 0 Å². The van der Waals surface area contributed by atoms with E-state index >= 15 is 0 Å². The second kappa shape index (κ2) is 5.07. The number of methoxy groups -OCH3 is 1. The lowest BCUT2D eigenvalue weighted by Crippen LogP contribution is -2.18. The molecule has 90 valence electrons. The average Bonchev–Trinajstić information content (AvgIpc) is 2.56. The van der Waals surface area contributed by atoms with Gasteiger partial charge in [0.05, 0.1) is 11.5 Å². The van der Waals surface area contributed by atoms with Gasteiger partial charge in [0.15, 0.2) is 5.65 Å². The first-order valence-electron chi connectivity index (χ1n) is 4.89. The van der Waals surface area contributed by atoms with Crippen LogP contribution in [-0.2, 0) is 17.9 Å². The molecular weight excluding hydrogens is 304 g/mol. The van der Waals surface area contributed by atoms with Crippen LogP contribution < -0.4 is 5.73 Å². The molecule has 2 rings (SSSR count). The summed E-state index contributed by atoms with van der Waals surface area (Å²) in [7, 11) is 1.62. The molecule has 0 unspecified atom stereocenters. The molecular formula is C10H11BrN4OS. The SMILES string of the molecule is COCc1nc2cc(Br)cnc2n1CC(N)=S. The molecule has 7 heteroatoms. The minimum absolute atomic E-state index is 0.395. The minimum atomic E-state index is 0.395. The normalized spacial score (nSPS) is 10.9. The molecule has 0 spiro atoms. The smallest absolute Gasteiger partial charge is 0.160 e. The van der Waals surface area contributed by atoms with Gasteiger partial charge in [0.2, 0.25) is 0 Å². The lowest BCUT2D eigenvalue weighted by atomic mass is 10.4. The number of aromatic nitrogens is 3. The Hall–Kier alpha value is -1.05. The van der Waals surface area contributed by atoms with E-state index in [0.717, 1.165) is 21.5 Å². The second-order valence-corrected chi connectivity index (χ2v) is 4.95. The number of halogens is 1. The summed E-state index contributed by atoms with van der Waals surface area (Å²) >= 11 is 8.29. The van der Waals surface area contributed by atoms with Crippen LogP contribution in [0.25, 0.3) is 11.2 Å². The lowest BCUT2D eigenvalue weighted by Gasteiger charge is -2.06. The topological polar surface area (TPSA) is 66.0 Å². The van der Waals surface area contributed by atoms with Gasteiger partial charge < -0.3 is 15.0 Å². The number of nitrogens with two attached hydrogens (primary N) is 1. The summed E-state index contributed by atoms with van der Waals surface area (Å²) in [5, 5.41) is 0. The molecule has 5 nitrogen and oxygen atoms in total. The molecule has 0 aliphatic carbocycles. The number of rotatable bonds is 4. The van der Waals surface area contributed by atoms with E-state index in [1.54, 1.807) is 13.3 Å². The first-order valence-corrected chi connectivity index (χ1v) is 6.10. The van der Waals surface area contributed by atoms with Crippen LogP contribution in [0.2, 0.25) is 0 Å². The first kappa shape index (κ1) is 12.4. The molecule has 17 heavy (non-hydrogen) atoms. The lowest BCUT2D eigenvalue weighted by molar-refractivity contribution is 0.175. The number of hydrogen-bond acceptors (Lipinski definition) is 4. The largest absolute Gasteiger partial charge is 0.392 e. The molecule has 0 atom stereocenters. The highest BCUT2D eigenvalue weighted by Crippen LogP contribution is 2.18. The monoisotopic (exact) mass is 314 g/mol. The highest BCUT2D eigenvalue weighted by atomic mass is 79.9. The van der Waals surface area contributed by atoms with Crippen molar-refractivity contribution in [3.05, 3.63) is 22.6 Å². The Kier molecular flexibility index (Phi) is 3.70. The summed E-state index contributed by atoms with van der Waals surface area (Å²) in [5.74, 6) is 0.765. The van der Waals surface area contributed by atoms with E-state index in [1.807, 2.05) is 10.6 Å². The Morgan fingerprint density at radius 2 is 2.41 bits per heavy atom. The molecule has 2 aromatic heterocycles. The van der Waals surface area contributed by atoms with Crippen LogP contribution in [0.3, 0.4) is 0 Å². The molecule has 0 aliphatic rings.